The van der Waals surface area contributed by atoms with Crippen LogP contribution in [-0.4, -0.2) is 32.2 Å². The summed E-state index contributed by atoms with van der Waals surface area (Å²) in [6.07, 6.45) is 5.37. The largest absolute Gasteiger partial charge is 0.497 e. The fourth-order valence-corrected chi connectivity index (χ4v) is 2.99. The molecule has 1 atom stereocenters. The third-order valence-corrected chi connectivity index (χ3v) is 4.42. The fourth-order valence-electron chi connectivity index (χ4n) is 2.99. The number of quaternary nitrogens is 1. The molecule has 7 heteroatoms. The minimum Gasteiger partial charge on any atom is -0.497 e. The Morgan fingerprint density at radius 1 is 0.963 bits per heavy atom. The number of anilines is 1. The molecule has 2 aliphatic rings. The van der Waals surface area contributed by atoms with Gasteiger partial charge in [-0.2, -0.15) is 4.99 Å². The maximum Gasteiger partial charge on any atom is 0.287 e. The number of ether oxygens (including phenoxy) is 2. The van der Waals surface area contributed by atoms with Gasteiger partial charge in [0, 0.05) is 36.0 Å². The topological polar surface area (TPSA) is 67.6 Å². The minimum absolute atomic E-state index is 0.146. The van der Waals surface area contributed by atoms with Gasteiger partial charge in [-0.05, 0) is 12.0 Å². The SMILES string of the molecule is COc1cc(NC2=N[N+]3(c4ccc(C)cc4)C=CN=CC3=N2)cc(OC)c1. The molecule has 1 N–H and O–H groups in total. The summed E-state index contributed by atoms with van der Waals surface area (Å²) in [4.78, 5) is 8.84. The van der Waals surface area contributed by atoms with E-state index in [0.29, 0.717) is 17.5 Å². The Kier molecular flexibility index (Phi) is 4.21. The summed E-state index contributed by atoms with van der Waals surface area (Å²) in [7, 11) is 3.23. The van der Waals surface area contributed by atoms with Gasteiger partial charge < -0.3 is 14.8 Å². The molecular formula is C20H20N5O2+. The lowest BCUT2D eigenvalue weighted by molar-refractivity contribution is 0.395. The van der Waals surface area contributed by atoms with Gasteiger partial charge in [0.05, 0.1) is 20.4 Å². The minimum atomic E-state index is 0.146. The van der Waals surface area contributed by atoms with Crippen LogP contribution in [0.1, 0.15) is 5.56 Å². The van der Waals surface area contributed by atoms with Crippen LogP contribution < -0.4 is 19.4 Å². The van der Waals surface area contributed by atoms with Gasteiger partial charge in [-0.1, -0.05) is 22.3 Å². The number of nitrogens with zero attached hydrogens (tertiary/aromatic N) is 4. The molecule has 0 aromatic heterocycles. The van der Waals surface area contributed by atoms with Crippen LogP contribution in [0.4, 0.5) is 11.4 Å². The highest BCUT2D eigenvalue weighted by atomic mass is 16.5. The quantitative estimate of drug-likeness (QED) is 0.844. The van der Waals surface area contributed by atoms with E-state index < -0.39 is 0 Å². The molecule has 2 aliphatic heterocycles. The summed E-state index contributed by atoms with van der Waals surface area (Å²) < 4.78 is 10.8. The summed E-state index contributed by atoms with van der Waals surface area (Å²) in [5.41, 5.74) is 2.95. The zero-order chi connectivity index (χ0) is 18.9. The summed E-state index contributed by atoms with van der Waals surface area (Å²) in [6, 6.07) is 13.8. The number of amidine groups is 1. The molecule has 2 heterocycles. The zero-order valence-corrected chi connectivity index (χ0v) is 15.4. The third-order valence-electron chi connectivity index (χ3n) is 4.42. The number of benzene rings is 2. The van der Waals surface area contributed by atoms with Crippen LogP contribution in [0.15, 0.2) is 70.0 Å². The van der Waals surface area contributed by atoms with Crippen molar-refractivity contribution in [2.75, 3.05) is 19.5 Å². The first-order valence-electron chi connectivity index (χ1n) is 8.49. The number of guanidine groups is 1. The first-order valence-corrected chi connectivity index (χ1v) is 8.49. The summed E-state index contributed by atoms with van der Waals surface area (Å²) in [5.74, 6) is 2.58. The average molecular weight is 362 g/mol. The van der Waals surface area contributed by atoms with Crippen LogP contribution in [0.2, 0.25) is 0 Å². The first kappa shape index (κ1) is 17.0. The highest BCUT2D eigenvalue weighted by molar-refractivity contribution is 6.38. The van der Waals surface area contributed by atoms with E-state index in [2.05, 4.69) is 46.5 Å². The molecule has 2 aromatic carbocycles. The van der Waals surface area contributed by atoms with Crippen molar-refractivity contribution in [1.82, 2.24) is 4.59 Å². The van der Waals surface area contributed by atoms with Crippen LogP contribution in [0.25, 0.3) is 0 Å². The van der Waals surface area contributed by atoms with E-state index in [-0.39, 0.29) is 4.59 Å². The average Bonchev–Trinajstić information content (AvgIpc) is 3.07. The second-order valence-corrected chi connectivity index (χ2v) is 6.22. The lowest BCUT2D eigenvalue weighted by Gasteiger charge is -2.23. The van der Waals surface area contributed by atoms with Crippen LogP contribution in [0.5, 0.6) is 11.5 Å². The van der Waals surface area contributed by atoms with Gasteiger partial charge >= 0.3 is 0 Å². The number of methoxy groups -OCH3 is 2. The normalized spacial score (nSPS) is 20.0. The molecule has 4 rings (SSSR count). The molecule has 0 spiro atoms. The summed E-state index contributed by atoms with van der Waals surface area (Å²) in [6.45, 7) is 2.06. The molecule has 0 fully saturated rings. The van der Waals surface area contributed by atoms with Crippen LogP contribution in [0.3, 0.4) is 0 Å². The lowest BCUT2D eigenvalue weighted by Crippen LogP contribution is -2.44. The number of nitrogens with one attached hydrogen (secondary N) is 1. The van der Waals surface area contributed by atoms with E-state index >= 15 is 0 Å². The number of aliphatic imine (C=N–C) groups is 2. The number of hydrogen-bond donors (Lipinski definition) is 1. The Labute approximate surface area is 157 Å². The van der Waals surface area contributed by atoms with Crippen molar-refractivity contribution >= 4 is 29.4 Å². The molecule has 7 nitrogen and oxygen atoms in total. The smallest absolute Gasteiger partial charge is 0.287 e. The standard InChI is InChI=1S/C20H20N5O2/c1-14-4-6-16(7-5-14)25-9-8-21-13-19(25)23-20(24-25)22-15-10-17(26-2)12-18(11-15)27-3/h4-13H,1-3H3,(H,22,24)/q+1. The summed E-state index contributed by atoms with van der Waals surface area (Å²) in [5, 5.41) is 8.07. The van der Waals surface area contributed by atoms with Gasteiger partial charge in [0.2, 0.25) is 0 Å². The maximum atomic E-state index is 5.32. The predicted octanol–water partition coefficient (Wildman–Crippen LogP) is 3.67. The molecule has 27 heavy (non-hydrogen) atoms. The highest BCUT2D eigenvalue weighted by Gasteiger charge is 2.42. The molecule has 0 saturated heterocycles. The van der Waals surface area contributed by atoms with E-state index in [1.54, 1.807) is 26.6 Å². The zero-order valence-electron chi connectivity index (χ0n) is 15.4. The summed E-state index contributed by atoms with van der Waals surface area (Å²) >= 11 is 0. The number of hydrogen-bond acceptors (Lipinski definition) is 6. The van der Waals surface area contributed by atoms with Gasteiger partial charge in [-0.15, -0.1) is 0 Å². The van der Waals surface area contributed by atoms with Crippen molar-refractivity contribution in [3.8, 4) is 11.5 Å². The predicted molar refractivity (Wildman–Crippen MR) is 109 cm³/mol. The Morgan fingerprint density at radius 3 is 2.33 bits per heavy atom. The Hall–Kier alpha value is -3.45. The van der Waals surface area contributed by atoms with Gasteiger partial charge in [0.1, 0.15) is 17.7 Å². The van der Waals surface area contributed by atoms with Crippen molar-refractivity contribution in [3.05, 3.63) is 60.4 Å². The van der Waals surface area contributed by atoms with Crippen LogP contribution >= 0.6 is 0 Å². The van der Waals surface area contributed by atoms with E-state index in [0.717, 1.165) is 17.2 Å². The van der Waals surface area contributed by atoms with Gasteiger partial charge in [0.15, 0.2) is 11.9 Å². The van der Waals surface area contributed by atoms with Crippen LogP contribution in [0, 0.1) is 6.92 Å². The van der Waals surface area contributed by atoms with E-state index in [1.165, 1.54) is 5.56 Å². The molecule has 2 aromatic rings. The first-order chi connectivity index (χ1) is 13.1. The maximum absolute atomic E-state index is 5.32. The van der Waals surface area contributed by atoms with Crippen LogP contribution in [-0.2, 0) is 0 Å². The molecule has 0 bridgehead atoms. The second-order valence-electron chi connectivity index (χ2n) is 6.22. The lowest BCUT2D eigenvalue weighted by atomic mass is 10.2. The van der Waals surface area contributed by atoms with Crippen molar-refractivity contribution in [3.63, 3.8) is 0 Å². The molecule has 136 valence electrons. The van der Waals surface area contributed by atoms with Crippen molar-refractivity contribution in [1.29, 1.82) is 0 Å². The van der Waals surface area contributed by atoms with Gasteiger partial charge in [-0.3, -0.25) is 4.99 Å². The third kappa shape index (κ3) is 3.09. The van der Waals surface area contributed by atoms with E-state index in [1.807, 2.05) is 24.4 Å². The molecular weight excluding hydrogens is 342 g/mol. The highest BCUT2D eigenvalue weighted by Crippen LogP contribution is 2.32. The van der Waals surface area contributed by atoms with E-state index in [4.69, 9.17) is 14.6 Å². The number of rotatable bonds is 4. The Bertz CT molecular complexity index is 970. The van der Waals surface area contributed by atoms with Crippen molar-refractivity contribution < 1.29 is 9.47 Å². The Morgan fingerprint density at radius 2 is 1.67 bits per heavy atom. The molecule has 0 radical (unpaired) electrons. The van der Waals surface area contributed by atoms with Crippen molar-refractivity contribution in [2.45, 2.75) is 6.92 Å². The number of fused-ring (bicyclic) bond motifs is 1. The second kappa shape index (κ2) is 6.69. The van der Waals surface area contributed by atoms with E-state index in [9.17, 15) is 0 Å². The molecule has 0 saturated carbocycles. The molecule has 0 amide bonds. The van der Waals surface area contributed by atoms with Crippen molar-refractivity contribution in [2.24, 2.45) is 15.1 Å². The van der Waals surface area contributed by atoms with Gasteiger partial charge in [-0.25, -0.2) is 0 Å². The molecule has 0 aliphatic carbocycles. The fraction of sp³-hybridized carbons (Fsp3) is 0.150. The monoisotopic (exact) mass is 362 g/mol. The molecule has 1 unspecified atom stereocenters. The van der Waals surface area contributed by atoms with Gasteiger partial charge in [0.25, 0.3) is 11.8 Å². The number of aryl methyl sites for hydroxylation is 1. The Balaban J connectivity index is 1.72.